The highest BCUT2D eigenvalue weighted by Crippen LogP contribution is 2.30. The summed E-state index contributed by atoms with van der Waals surface area (Å²) in [5.74, 6) is -0.169. The highest BCUT2D eigenvalue weighted by molar-refractivity contribution is 6.08. The molecule has 0 saturated heterocycles. The van der Waals surface area contributed by atoms with Crippen LogP contribution in [0.2, 0.25) is 0 Å². The van der Waals surface area contributed by atoms with Crippen LogP contribution in [0.15, 0.2) is 54.6 Å². The van der Waals surface area contributed by atoms with Crippen molar-refractivity contribution in [2.45, 2.75) is 20.0 Å². The van der Waals surface area contributed by atoms with Gasteiger partial charge in [0.2, 0.25) is 0 Å². The summed E-state index contributed by atoms with van der Waals surface area (Å²) in [6.07, 6.45) is -2.92. The van der Waals surface area contributed by atoms with Crippen LogP contribution in [0.1, 0.15) is 34.0 Å². The second-order valence-corrected chi connectivity index (χ2v) is 5.13. The first-order valence-electron chi connectivity index (χ1n) is 6.74. The summed E-state index contributed by atoms with van der Waals surface area (Å²) in [5, 5.41) is 0. The number of ketones is 1. The molecule has 2 rings (SSSR count). The predicted molar refractivity (Wildman–Crippen MR) is 80.6 cm³/mol. The van der Waals surface area contributed by atoms with Gasteiger partial charge in [-0.05, 0) is 43.2 Å². The Kier molecular flexibility index (Phi) is 4.50. The second-order valence-electron chi connectivity index (χ2n) is 5.13. The van der Waals surface area contributed by atoms with Crippen molar-refractivity contribution in [1.29, 1.82) is 0 Å². The summed E-state index contributed by atoms with van der Waals surface area (Å²) < 4.78 is 37.5. The minimum Gasteiger partial charge on any atom is -0.289 e. The highest BCUT2D eigenvalue weighted by atomic mass is 19.4. The van der Waals surface area contributed by atoms with E-state index in [0.717, 1.165) is 17.7 Å². The van der Waals surface area contributed by atoms with Crippen LogP contribution in [-0.4, -0.2) is 5.78 Å². The Bertz CT molecular complexity index is 693. The minimum absolute atomic E-state index is 0.169. The number of rotatable bonds is 3. The lowest BCUT2D eigenvalue weighted by molar-refractivity contribution is -0.137. The molecule has 0 spiro atoms. The summed E-state index contributed by atoms with van der Waals surface area (Å²) in [7, 11) is 0. The van der Waals surface area contributed by atoms with Crippen molar-refractivity contribution >= 4 is 11.4 Å². The van der Waals surface area contributed by atoms with Crippen LogP contribution in [-0.2, 0) is 6.18 Å². The van der Waals surface area contributed by atoms with E-state index in [1.807, 2.05) is 19.1 Å². The lowest BCUT2D eigenvalue weighted by Gasteiger charge is -2.08. The van der Waals surface area contributed by atoms with Crippen LogP contribution >= 0.6 is 0 Å². The first-order valence-corrected chi connectivity index (χ1v) is 6.74. The number of halogens is 3. The average molecular weight is 304 g/mol. The number of benzene rings is 2. The fraction of sp³-hybridized carbons (Fsp3) is 0.167. The summed E-state index contributed by atoms with van der Waals surface area (Å²) in [5.41, 5.74) is 2.12. The minimum atomic E-state index is -4.35. The predicted octanol–water partition coefficient (Wildman–Crippen LogP) is 5.30. The van der Waals surface area contributed by atoms with Crippen molar-refractivity contribution in [3.05, 3.63) is 76.9 Å². The van der Waals surface area contributed by atoms with Gasteiger partial charge in [0.15, 0.2) is 5.78 Å². The third kappa shape index (κ3) is 3.85. The summed E-state index contributed by atoms with van der Waals surface area (Å²) in [6.45, 7) is 3.63. The summed E-state index contributed by atoms with van der Waals surface area (Å²) in [4.78, 5) is 12.1. The Labute approximate surface area is 127 Å². The molecule has 0 N–H and O–H groups in total. The molecule has 0 amide bonds. The molecule has 0 aliphatic rings. The van der Waals surface area contributed by atoms with Crippen LogP contribution in [0.25, 0.3) is 5.57 Å². The van der Waals surface area contributed by atoms with Crippen molar-refractivity contribution in [3.8, 4) is 0 Å². The zero-order chi connectivity index (χ0) is 16.3. The Morgan fingerprint density at radius 1 is 0.909 bits per heavy atom. The van der Waals surface area contributed by atoms with Gasteiger partial charge in [-0.15, -0.1) is 0 Å². The van der Waals surface area contributed by atoms with E-state index in [1.165, 1.54) is 18.2 Å². The molecular weight excluding hydrogens is 289 g/mol. The average Bonchev–Trinajstić information content (AvgIpc) is 2.47. The Morgan fingerprint density at radius 3 is 1.91 bits per heavy atom. The Balaban J connectivity index is 2.21. The second kappa shape index (κ2) is 6.18. The quantitative estimate of drug-likeness (QED) is 0.555. The largest absolute Gasteiger partial charge is 0.416 e. The lowest BCUT2D eigenvalue weighted by Crippen LogP contribution is -2.04. The van der Waals surface area contributed by atoms with Gasteiger partial charge in [0, 0.05) is 5.56 Å². The third-order valence-electron chi connectivity index (χ3n) is 3.35. The molecule has 114 valence electrons. The van der Waals surface area contributed by atoms with E-state index in [2.05, 4.69) is 0 Å². The third-order valence-corrected chi connectivity index (χ3v) is 3.35. The van der Waals surface area contributed by atoms with Gasteiger partial charge in [0.25, 0.3) is 0 Å². The number of carbonyl (C=O) groups is 1. The van der Waals surface area contributed by atoms with Crippen LogP contribution in [0.4, 0.5) is 13.2 Å². The molecule has 22 heavy (non-hydrogen) atoms. The van der Waals surface area contributed by atoms with Gasteiger partial charge in [-0.25, -0.2) is 0 Å². The van der Waals surface area contributed by atoms with E-state index in [-0.39, 0.29) is 5.78 Å². The van der Waals surface area contributed by atoms with Crippen LogP contribution in [0, 0.1) is 6.92 Å². The maximum absolute atomic E-state index is 12.5. The summed E-state index contributed by atoms with van der Waals surface area (Å²) in [6, 6.07) is 11.9. The molecule has 0 atom stereocenters. The van der Waals surface area contributed by atoms with E-state index in [1.54, 1.807) is 19.1 Å². The van der Waals surface area contributed by atoms with Crippen molar-refractivity contribution in [2.24, 2.45) is 0 Å². The molecule has 0 saturated carbocycles. The molecule has 2 aromatic carbocycles. The first kappa shape index (κ1) is 16.0. The molecule has 2 aromatic rings. The normalized spacial score (nSPS) is 12.3. The van der Waals surface area contributed by atoms with Crippen LogP contribution in [0.5, 0.6) is 0 Å². The number of allylic oxidation sites excluding steroid dienone is 2. The van der Waals surface area contributed by atoms with E-state index in [0.29, 0.717) is 16.7 Å². The molecule has 0 bridgehead atoms. The van der Waals surface area contributed by atoms with Crippen molar-refractivity contribution in [3.63, 3.8) is 0 Å². The molecule has 0 fully saturated rings. The maximum atomic E-state index is 12.5. The number of aryl methyl sites for hydroxylation is 1. The number of hydrogen-bond acceptors (Lipinski definition) is 1. The Morgan fingerprint density at radius 2 is 1.41 bits per heavy atom. The molecule has 0 unspecified atom stereocenters. The Hall–Kier alpha value is -2.36. The first-order chi connectivity index (χ1) is 10.3. The topological polar surface area (TPSA) is 17.1 Å². The van der Waals surface area contributed by atoms with Gasteiger partial charge in [-0.2, -0.15) is 13.2 Å². The highest BCUT2D eigenvalue weighted by Gasteiger charge is 2.29. The van der Waals surface area contributed by atoms with E-state index >= 15 is 0 Å². The maximum Gasteiger partial charge on any atom is 0.416 e. The van der Waals surface area contributed by atoms with Gasteiger partial charge >= 0.3 is 6.18 Å². The van der Waals surface area contributed by atoms with Crippen LogP contribution in [0.3, 0.4) is 0 Å². The SMILES string of the molecule is C/C(=C\C(=O)c1ccc(C)cc1)c1ccc(C(F)(F)F)cc1. The van der Waals surface area contributed by atoms with Crippen molar-refractivity contribution < 1.29 is 18.0 Å². The fourth-order valence-corrected chi connectivity index (χ4v) is 2.00. The molecule has 0 heterocycles. The monoisotopic (exact) mass is 304 g/mol. The van der Waals surface area contributed by atoms with Crippen molar-refractivity contribution in [1.82, 2.24) is 0 Å². The lowest BCUT2D eigenvalue weighted by atomic mass is 10.0. The van der Waals surface area contributed by atoms with Gasteiger partial charge in [-0.3, -0.25) is 4.79 Å². The molecule has 4 heteroatoms. The molecule has 1 nitrogen and oxygen atoms in total. The summed E-state index contributed by atoms with van der Waals surface area (Å²) >= 11 is 0. The zero-order valence-electron chi connectivity index (χ0n) is 12.2. The van der Waals surface area contributed by atoms with Crippen molar-refractivity contribution in [2.75, 3.05) is 0 Å². The zero-order valence-corrected chi connectivity index (χ0v) is 12.2. The van der Waals surface area contributed by atoms with E-state index in [9.17, 15) is 18.0 Å². The molecule has 0 aliphatic carbocycles. The van der Waals surface area contributed by atoms with E-state index < -0.39 is 11.7 Å². The number of alkyl halides is 3. The molecule has 0 aromatic heterocycles. The number of carbonyl (C=O) groups excluding carboxylic acids is 1. The van der Waals surface area contributed by atoms with Gasteiger partial charge in [-0.1, -0.05) is 42.0 Å². The standard InChI is InChI=1S/C18H15F3O/c1-12-3-5-15(6-4-12)17(22)11-13(2)14-7-9-16(10-8-14)18(19,20)21/h3-11H,1-2H3/b13-11+. The molecular formula is C18H15F3O. The van der Waals surface area contributed by atoms with E-state index in [4.69, 9.17) is 0 Å². The molecule has 0 aliphatic heterocycles. The number of hydrogen-bond donors (Lipinski definition) is 0. The molecule has 0 radical (unpaired) electrons. The van der Waals surface area contributed by atoms with Crippen LogP contribution < -0.4 is 0 Å². The smallest absolute Gasteiger partial charge is 0.289 e. The van der Waals surface area contributed by atoms with Gasteiger partial charge in [0.05, 0.1) is 5.56 Å². The van der Waals surface area contributed by atoms with Gasteiger partial charge < -0.3 is 0 Å². The van der Waals surface area contributed by atoms with Gasteiger partial charge in [0.1, 0.15) is 0 Å². The fourth-order valence-electron chi connectivity index (χ4n) is 2.00.